The molecule has 0 saturated carbocycles. The van der Waals surface area contributed by atoms with E-state index in [1.807, 2.05) is 19.1 Å². The summed E-state index contributed by atoms with van der Waals surface area (Å²) in [7, 11) is 0. The Labute approximate surface area is 118 Å². The van der Waals surface area contributed by atoms with Gasteiger partial charge in [0.25, 0.3) is 0 Å². The molecule has 2 heterocycles. The Morgan fingerprint density at radius 2 is 2.06 bits per heavy atom. The first-order valence-corrected chi connectivity index (χ1v) is 7.39. The first-order chi connectivity index (χ1) is 8.65. The molecule has 3 rings (SSSR count). The smallest absolute Gasteiger partial charge is 0.113 e. The number of hydrogen-bond acceptors (Lipinski definition) is 3. The molecule has 1 aromatic heterocycles. The predicted octanol–water partition coefficient (Wildman–Crippen LogP) is 3.93. The number of thiophene rings is 1. The van der Waals surface area contributed by atoms with Crippen molar-refractivity contribution in [1.29, 1.82) is 0 Å². The van der Waals surface area contributed by atoms with Gasteiger partial charge in [-0.25, -0.2) is 0 Å². The Balaban J connectivity index is 1.94. The fourth-order valence-electron chi connectivity index (χ4n) is 2.14. The predicted molar refractivity (Wildman–Crippen MR) is 75.8 cm³/mol. The fraction of sp³-hybridized carbons (Fsp3) is 0.286. The number of fused-ring (bicyclic) bond motifs is 1. The average Bonchev–Trinajstić information content (AvgIpc) is 2.95. The molecule has 0 aliphatic carbocycles. The zero-order valence-electron chi connectivity index (χ0n) is 9.94. The third-order valence-electron chi connectivity index (χ3n) is 3.21. The first-order valence-electron chi connectivity index (χ1n) is 5.78. The van der Waals surface area contributed by atoms with Crippen LogP contribution in [0.3, 0.4) is 0 Å². The van der Waals surface area contributed by atoms with E-state index in [9.17, 15) is 5.11 Å². The van der Waals surface area contributed by atoms with Crippen molar-refractivity contribution in [3.05, 3.63) is 55.2 Å². The van der Waals surface area contributed by atoms with Gasteiger partial charge < -0.3 is 9.84 Å². The number of halogens is 1. The summed E-state index contributed by atoms with van der Waals surface area (Å²) >= 11 is 5.11. The molecule has 1 aromatic carbocycles. The minimum absolute atomic E-state index is 0.550. The molecule has 1 aliphatic rings. The molecule has 0 saturated heterocycles. The van der Waals surface area contributed by atoms with E-state index in [4.69, 9.17) is 4.74 Å². The number of aryl methyl sites for hydroxylation is 1. The highest BCUT2D eigenvalue weighted by molar-refractivity contribution is 9.10. The van der Waals surface area contributed by atoms with Gasteiger partial charge in [-0.15, -0.1) is 11.3 Å². The monoisotopic (exact) mass is 324 g/mol. The molecule has 0 bridgehead atoms. The summed E-state index contributed by atoms with van der Waals surface area (Å²) in [6.45, 7) is 3.39. The topological polar surface area (TPSA) is 29.5 Å². The van der Waals surface area contributed by atoms with Crippen molar-refractivity contribution in [3.63, 3.8) is 0 Å². The number of hydrogen-bond donors (Lipinski definition) is 1. The van der Waals surface area contributed by atoms with E-state index in [0.717, 1.165) is 14.9 Å². The van der Waals surface area contributed by atoms with Gasteiger partial charge in [0, 0.05) is 14.2 Å². The average molecular weight is 325 g/mol. The zero-order valence-corrected chi connectivity index (χ0v) is 12.3. The highest BCUT2D eigenvalue weighted by Crippen LogP contribution is 2.34. The number of ether oxygens (including phenoxy) is 1. The van der Waals surface area contributed by atoms with Crippen molar-refractivity contribution < 1.29 is 9.84 Å². The normalized spacial score (nSPS) is 15.7. The molecule has 18 heavy (non-hydrogen) atoms. The van der Waals surface area contributed by atoms with Gasteiger partial charge in [-0.3, -0.25) is 0 Å². The summed E-state index contributed by atoms with van der Waals surface area (Å²) in [6, 6.07) is 8.09. The van der Waals surface area contributed by atoms with Gasteiger partial charge in [0.2, 0.25) is 0 Å². The maximum Gasteiger partial charge on any atom is 0.113 e. The molecule has 1 aliphatic heterocycles. The molecule has 0 fully saturated rings. The van der Waals surface area contributed by atoms with Gasteiger partial charge >= 0.3 is 0 Å². The number of aliphatic hydroxyl groups excluding tert-OH is 1. The molecule has 1 N–H and O–H groups in total. The molecule has 1 unspecified atom stereocenters. The van der Waals surface area contributed by atoms with Crippen LogP contribution in [0.2, 0.25) is 0 Å². The Morgan fingerprint density at radius 1 is 1.28 bits per heavy atom. The summed E-state index contributed by atoms with van der Waals surface area (Å²) in [4.78, 5) is 2.16. The van der Waals surface area contributed by atoms with E-state index in [2.05, 4.69) is 28.1 Å². The summed E-state index contributed by atoms with van der Waals surface area (Å²) in [5.74, 6) is 0. The Hall–Kier alpha value is -0.680. The Morgan fingerprint density at radius 3 is 2.78 bits per heavy atom. The lowest BCUT2D eigenvalue weighted by Crippen LogP contribution is -1.98. The van der Waals surface area contributed by atoms with Crippen LogP contribution in [-0.4, -0.2) is 5.11 Å². The molecule has 0 radical (unpaired) electrons. The Bertz CT molecular complexity index is 572. The molecular formula is C14H13BrO2S. The lowest BCUT2D eigenvalue weighted by atomic mass is 10.0. The molecular weight excluding hydrogens is 312 g/mol. The van der Waals surface area contributed by atoms with Gasteiger partial charge in [0.05, 0.1) is 13.2 Å². The lowest BCUT2D eigenvalue weighted by molar-refractivity contribution is 0.134. The van der Waals surface area contributed by atoms with Gasteiger partial charge in [-0.05, 0) is 45.6 Å². The van der Waals surface area contributed by atoms with Crippen LogP contribution in [0, 0.1) is 6.92 Å². The lowest BCUT2D eigenvalue weighted by Gasteiger charge is -2.10. The van der Waals surface area contributed by atoms with Crippen LogP contribution in [0.4, 0.5) is 0 Å². The summed E-state index contributed by atoms with van der Waals surface area (Å²) in [6.07, 6.45) is -0.550. The molecule has 2 nitrogen and oxygen atoms in total. The SMILES string of the molecule is Cc1sc(C(O)c2ccc3c(c2)COC3)cc1Br. The van der Waals surface area contributed by atoms with Crippen molar-refractivity contribution in [2.45, 2.75) is 26.2 Å². The van der Waals surface area contributed by atoms with Crippen molar-refractivity contribution >= 4 is 27.3 Å². The molecule has 94 valence electrons. The quantitative estimate of drug-likeness (QED) is 0.906. The van der Waals surface area contributed by atoms with Crippen molar-refractivity contribution in [2.75, 3.05) is 0 Å². The van der Waals surface area contributed by atoms with Crippen LogP contribution in [0.25, 0.3) is 0 Å². The van der Waals surface area contributed by atoms with E-state index in [0.29, 0.717) is 13.2 Å². The zero-order chi connectivity index (χ0) is 12.7. The van der Waals surface area contributed by atoms with Crippen molar-refractivity contribution in [2.24, 2.45) is 0 Å². The minimum atomic E-state index is -0.550. The van der Waals surface area contributed by atoms with Crippen LogP contribution in [0.5, 0.6) is 0 Å². The second kappa shape index (κ2) is 4.78. The fourth-order valence-corrected chi connectivity index (χ4v) is 3.72. The van der Waals surface area contributed by atoms with Crippen LogP contribution < -0.4 is 0 Å². The largest absolute Gasteiger partial charge is 0.383 e. The van der Waals surface area contributed by atoms with Crippen molar-refractivity contribution in [1.82, 2.24) is 0 Å². The molecule has 0 spiro atoms. The van der Waals surface area contributed by atoms with E-state index in [-0.39, 0.29) is 0 Å². The van der Waals surface area contributed by atoms with Gasteiger partial charge in [-0.1, -0.05) is 18.2 Å². The van der Waals surface area contributed by atoms with Crippen LogP contribution in [0.1, 0.15) is 32.5 Å². The summed E-state index contributed by atoms with van der Waals surface area (Å²) in [5.41, 5.74) is 3.36. The van der Waals surface area contributed by atoms with Crippen LogP contribution in [0.15, 0.2) is 28.7 Å². The second-order valence-electron chi connectivity index (χ2n) is 4.48. The van der Waals surface area contributed by atoms with Crippen LogP contribution in [-0.2, 0) is 18.0 Å². The first kappa shape index (κ1) is 12.4. The van der Waals surface area contributed by atoms with Gasteiger partial charge in [0.1, 0.15) is 6.10 Å². The molecule has 1 atom stereocenters. The van der Waals surface area contributed by atoms with E-state index >= 15 is 0 Å². The highest BCUT2D eigenvalue weighted by atomic mass is 79.9. The van der Waals surface area contributed by atoms with E-state index in [1.54, 1.807) is 11.3 Å². The van der Waals surface area contributed by atoms with E-state index < -0.39 is 6.10 Å². The molecule has 0 amide bonds. The second-order valence-corrected chi connectivity index (χ2v) is 6.62. The number of rotatable bonds is 2. The van der Waals surface area contributed by atoms with Gasteiger partial charge in [0.15, 0.2) is 0 Å². The van der Waals surface area contributed by atoms with Gasteiger partial charge in [-0.2, -0.15) is 0 Å². The van der Waals surface area contributed by atoms with Crippen molar-refractivity contribution in [3.8, 4) is 0 Å². The summed E-state index contributed by atoms with van der Waals surface area (Å²) < 4.78 is 6.45. The third kappa shape index (κ3) is 2.14. The molecule has 4 heteroatoms. The number of aliphatic hydroxyl groups is 1. The highest BCUT2D eigenvalue weighted by Gasteiger charge is 2.18. The Kier molecular flexibility index (Phi) is 3.28. The summed E-state index contributed by atoms with van der Waals surface area (Å²) in [5, 5.41) is 10.4. The number of benzene rings is 1. The standard InChI is InChI=1S/C14H13BrO2S/c1-8-12(15)5-13(18-8)14(16)9-2-3-10-6-17-7-11(10)4-9/h2-5,14,16H,6-7H2,1H3. The maximum absolute atomic E-state index is 10.4. The minimum Gasteiger partial charge on any atom is -0.383 e. The van der Waals surface area contributed by atoms with E-state index in [1.165, 1.54) is 16.0 Å². The maximum atomic E-state index is 10.4. The third-order valence-corrected chi connectivity index (χ3v) is 5.40. The molecule has 2 aromatic rings. The van der Waals surface area contributed by atoms with Crippen LogP contribution >= 0.6 is 27.3 Å².